The molecular weight excluding hydrogens is 335 g/mol. The Kier molecular flexibility index (Phi) is 5.45. The van der Waals surface area contributed by atoms with Crippen molar-refractivity contribution in [3.63, 3.8) is 0 Å². The molecule has 3 rings (SSSR count). The molecule has 2 aromatic rings. The third kappa shape index (κ3) is 4.34. The first kappa shape index (κ1) is 18.2. The smallest absolute Gasteiger partial charge is 0.306 e. The van der Waals surface area contributed by atoms with Gasteiger partial charge in [-0.15, -0.1) is 0 Å². The van der Waals surface area contributed by atoms with E-state index in [9.17, 15) is 9.18 Å². The summed E-state index contributed by atoms with van der Waals surface area (Å²) in [5.74, 6) is 0.0266. The number of ether oxygens (including phenoxy) is 2. The maximum absolute atomic E-state index is 14.2. The second-order valence-corrected chi connectivity index (χ2v) is 6.75. The fourth-order valence-electron chi connectivity index (χ4n) is 2.78. The summed E-state index contributed by atoms with van der Waals surface area (Å²) in [7, 11) is 0. The molecule has 0 saturated heterocycles. The van der Waals surface area contributed by atoms with E-state index in [-0.39, 0.29) is 23.8 Å². The minimum absolute atomic E-state index is 0.0705. The number of rotatable bonds is 8. The number of carbonyl (C=O) groups is 1. The lowest BCUT2D eigenvalue weighted by molar-refractivity contribution is -0.138. The lowest BCUT2D eigenvalue weighted by Crippen LogP contribution is -2.09. The Morgan fingerprint density at radius 2 is 1.92 bits per heavy atom. The van der Waals surface area contributed by atoms with Crippen LogP contribution >= 0.6 is 0 Å². The van der Waals surface area contributed by atoms with Crippen molar-refractivity contribution in [3.8, 4) is 22.6 Å². The van der Waals surface area contributed by atoms with Crippen molar-refractivity contribution < 1.29 is 23.8 Å². The van der Waals surface area contributed by atoms with Crippen LogP contribution < -0.4 is 9.47 Å². The summed E-state index contributed by atoms with van der Waals surface area (Å²) in [4.78, 5) is 10.8. The molecule has 1 aliphatic rings. The van der Waals surface area contributed by atoms with E-state index in [2.05, 4.69) is 0 Å². The Morgan fingerprint density at radius 3 is 2.54 bits per heavy atom. The van der Waals surface area contributed by atoms with Crippen molar-refractivity contribution in [1.82, 2.24) is 0 Å². The molecule has 0 bridgehead atoms. The monoisotopic (exact) mass is 358 g/mol. The quantitative estimate of drug-likeness (QED) is 0.738. The molecule has 3 unspecified atom stereocenters. The Morgan fingerprint density at radius 1 is 1.23 bits per heavy atom. The molecule has 1 fully saturated rings. The minimum Gasteiger partial charge on any atom is -0.493 e. The van der Waals surface area contributed by atoms with Gasteiger partial charge in [0, 0.05) is 11.5 Å². The molecule has 5 heteroatoms. The fraction of sp³-hybridized carbons (Fsp3) is 0.381. The van der Waals surface area contributed by atoms with E-state index in [1.807, 2.05) is 13.8 Å². The summed E-state index contributed by atoms with van der Waals surface area (Å²) in [5.41, 5.74) is 1.21. The lowest BCUT2D eigenvalue weighted by Gasteiger charge is -2.14. The third-order valence-electron chi connectivity index (χ3n) is 4.72. The molecule has 1 aliphatic carbocycles. The van der Waals surface area contributed by atoms with Crippen LogP contribution in [-0.2, 0) is 4.79 Å². The van der Waals surface area contributed by atoms with Crippen molar-refractivity contribution in [2.45, 2.75) is 32.8 Å². The molecule has 2 aromatic carbocycles. The van der Waals surface area contributed by atoms with Gasteiger partial charge >= 0.3 is 5.97 Å². The van der Waals surface area contributed by atoms with Crippen LogP contribution in [0.25, 0.3) is 11.1 Å². The SMILES string of the molecule is CCC(C)Oc1ccc(F)c(-c2ccc(OCC3CC3C(=O)O)cc2)c1. The zero-order chi connectivity index (χ0) is 18.7. The molecule has 0 amide bonds. The molecule has 0 heterocycles. The van der Waals surface area contributed by atoms with Crippen LogP contribution in [0.4, 0.5) is 4.39 Å². The second kappa shape index (κ2) is 7.77. The maximum Gasteiger partial charge on any atom is 0.306 e. The molecular formula is C21H23FO4. The molecule has 0 aromatic heterocycles. The number of halogens is 1. The summed E-state index contributed by atoms with van der Waals surface area (Å²) in [5, 5.41) is 8.90. The van der Waals surface area contributed by atoms with Crippen molar-refractivity contribution in [1.29, 1.82) is 0 Å². The number of hydrogen-bond acceptors (Lipinski definition) is 3. The van der Waals surface area contributed by atoms with Crippen LogP contribution in [0.3, 0.4) is 0 Å². The minimum atomic E-state index is -0.760. The highest BCUT2D eigenvalue weighted by molar-refractivity contribution is 5.73. The Labute approximate surface area is 152 Å². The average molecular weight is 358 g/mol. The summed E-state index contributed by atoms with van der Waals surface area (Å²) < 4.78 is 25.6. The number of carboxylic acid groups (broad SMARTS) is 1. The molecule has 0 spiro atoms. The first-order chi connectivity index (χ1) is 12.5. The van der Waals surface area contributed by atoms with Gasteiger partial charge in [0.25, 0.3) is 0 Å². The summed E-state index contributed by atoms with van der Waals surface area (Å²) in [6.45, 7) is 4.40. The molecule has 3 atom stereocenters. The van der Waals surface area contributed by atoms with Crippen LogP contribution in [0, 0.1) is 17.7 Å². The number of benzene rings is 2. The van der Waals surface area contributed by atoms with Crippen LogP contribution in [0.15, 0.2) is 42.5 Å². The van der Waals surface area contributed by atoms with Gasteiger partial charge in [-0.05, 0) is 55.7 Å². The van der Waals surface area contributed by atoms with Gasteiger partial charge in [0.15, 0.2) is 0 Å². The van der Waals surface area contributed by atoms with E-state index in [1.54, 1.807) is 36.4 Å². The Bertz CT molecular complexity index is 772. The lowest BCUT2D eigenvalue weighted by atomic mass is 10.0. The maximum atomic E-state index is 14.2. The molecule has 26 heavy (non-hydrogen) atoms. The average Bonchev–Trinajstić information content (AvgIpc) is 3.42. The Balaban J connectivity index is 1.66. The normalized spacial score (nSPS) is 19.7. The van der Waals surface area contributed by atoms with Gasteiger partial charge in [0.2, 0.25) is 0 Å². The number of carboxylic acids is 1. The van der Waals surface area contributed by atoms with Crippen molar-refractivity contribution in [3.05, 3.63) is 48.3 Å². The fourth-order valence-corrected chi connectivity index (χ4v) is 2.78. The second-order valence-electron chi connectivity index (χ2n) is 6.75. The van der Waals surface area contributed by atoms with E-state index in [0.29, 0.717) is 30.1 Å². The van der Waals surface area contributed by atoms with Gasteiger partial charge in [-0.2, -0.15) is 0 Å². The van der Waals surface area contributed by atoms with Gasteiger partial charge in [0.05, 0.1) is 18.6 Å². The molecule has 1 saturated carbocycles. The first-order valence-corrected chi connectivity index (χ1v) is 8.90. The predicted octanol–water partition coefficient (Wildman–Crippen LogP) is 4.77. The first-order valence-electron chi connectivity index (χ1n) is 8.90. The highest BCUT2D eigenvalue weighted by Gasteiger charge is 2.43. The number of hydrogen-bond donors (Lipinski definition) is 1. The van der Waals surface area contributed by atoms with Crippen molar-refractivity contribution in [2.75, 3.05) is 6.61 Å². The largest absolute Gasteiger partial charge is 0.493 e. The predicted molar refractivity (Wildman–Crippen MR) is 96.9 cm³/mol. The van der Waals surface area contributed by atoms with Crippen molar-refractivity contribution >= 4 is 5.97 Å². The zero-order valence-electron chi connectivity index (χ0n) is 14.9. The molecule has 4 nitrogen and oxygen atoms in total. The van der Waals surface area contributed by atoms with E-state index < -0.39 is 5.97 Å². The molecule has 1 N–H and O–H groups in total. The zero-order valence-corrected chi connectivity index (χ0v) is 14.9. The van der Waals surface area contributed by atoms with Gasteiger partial charge in [0.1, 0.15) is 17.3 Å². The van der Waals surface area contributed by atoms with Gasteiger partial charge in [-0.1, -0.05) is 19.1 Å². The van der Waals surface area contributed by atoms with Crippen LogP contribution in [0.2, 0.25) is 0 Å². The molecule has 0 aliphatic heterocycles. The topological polar surface area (TPSA) is 55.8 Å². The van der Waals surface area contributed by atoms with E-state index >= 15 is 0 Å². The molecule has 0 radical (unpaired) electrons. The van der Waals surface area contributed by atoms with Crippen LogP contribution in [-0.4, -0.2) is 23.8 Å². The van der Waals surface area contributed by atoms with Crippen LogP contribution in [0.5, 0.6) is 11.5 Å². The third-order valence-corrected chi connectivity index (χ3v) is 4.72. The van der Waals surface area contributed by atoms with Gasteiger partial charge < -0.3 is 14.6 Å². The van der Waals surface area contributed by atoms with Crippen LogP contribution in [0.1, 0.15) is 26.7 Å². The highest BCUT2D eigenvalue weighted by Crippen LogP contribution is 2.39. The summed E-state index contributed by atoms with van der Waals surface area (Å²) in [6.07, 6.45) is 1.62. The van der Waals surface area contributed by atoms with E-state index in [0.717, 1.165) is 12.0 Å². The Hall–Kier alpha value is -2.56. The van der Waals surface area contributed by atoms with Gasteiger partial charge in [-0.3, -0.25) is 4.79 Å². The van der Waals surface area contributed by atoms with Gasteiger partial charge in [-0.25, -0.2) is 4.39 Å². The highest BCUT2D eigenvalue weighted by atomic mass is 19.1. The standard InChI is InChI=1S/C21H23FO4/c1-3-13(2)26-17-8-9-20(22)18(11-17)14-4-6-16(7-5-14)25-12-15-10-19(15)21(23)24/h4-9,11,13,15,19H,3,10,12H2,1-2H3,(H,23,24). The molecule has 138 valence electrons. The summed E-state index contributed by atoms with van der Waals surface area (Å²) >= 11 is 0. The van der Waals surface area contributed by atoms with E-state index in [1.165, 1.54) is 6.07 Å². The number of aliphatic carboxylic acids is 1. The van der Waals surface area contributed by atoms with Crippen molar-refractivity contribution in [2.24, 2.45) is 11.8 Å². The summed E-state index contributed by atoms with van der Waals surface area (Å²) in [6, 6.07) is 11.9. The van der Waals surface area contributed by atoms with E-state index in [4.69, 9.17) is 14.6 Å².